The second-order valence-electron chi connectivity index (χ2n) is 7.67. The zero-order valence-corrected chi connectivity index (χ0v) is 18.7. The largest absolute Gasteiger partial charge is 0.416 e. The van der Waals surface area contributed by atoms with Crippen LogP contribution in [0.2, 0.25) is 0 Å². The van der Waals surface area contributed by atoms with Gasteiger partial charge in [0.05, 0.1) is 5.56 Å². The van der Waals surface area contributed by atoms with Gasteiger partial charge in [-0.25, -0.2) is 8.42 Å². The third kappa shape index (κ3) is 6.85. The third-order valence-electron chi connectivity index (χ3n) is 5.19. The maximum absolute atomic E-state index is 12.8. The molecule has 1 atom stereocenters. The maximum Gasteiger partial charge on any atom is 0.416 e. The van der Waals surface area contributed by atoms with Crippen molar-refractivity contribution in [2.24, 2.45) is 5.73 Å². The lowest BCUT2D eigenvalue weighted by Gasteiger charge is -2.36. The molecular weight excluding hydrogens is 447 g/mol. The summed E-state index contributed by atoms with van der Waals surface area (Å²) in [6, 6.07) is 4.63. The molecule has 178 valence electrons. The molecule has 1 heterocycles. The Morgan fingerprint density at radius 2 is 1.72 bits per heavy atom. The van der Waals surface area contributed by atoms with Crippen molar-refractivity contribution in [2.75, 3.05) is 36.8 Å². The van der Waals surface area contributed by atoms with E-state index in [1.165, 1.54) is 12.1 Å². The van der Waals surface area contributed by atoms with Gasteiger partial charge in [-0.3, -0.25) is 4.79 Å². The van der Waals surface area contributed by atoms with E-state index < -0.39 is 39.0 Å². The maximum atomic E-state index is 12.8. The van der Waals surface area contributed by atoms with Crippen LogP contribution in [0.3, 0.4) is 0 Å². The highest BCUT2D eigenvalue weighted by molar-refractivity contribution is 7.89. The van der Waals surface area contributed by atoms with Gasteiger partial charge in [-0.05, 0) is 30.7 Å². The minimum atomic E-state index is -4.43. The molecule has 0 aliphatic carbocycles. The van der Waals surface area contributed by atoms with Gasteiger partial charge < -0.3 is 15.7 Å². The fraction of sp³-hybridized carbons (Fsp3) is 0.571. The standard InChI is InChI=1S/C21H28F3N3O4S/c1-2-3-4-5-6-11-20(29,19(25)28)16-32(30,31)27-14-12-26(13-15-27)18-9-7-17(8-10-18)21(22,23)24/h7-10,29H,2-5,12-16H2,1H3,(H2,25,28). The number of anilines is 1. The Labute approximate surface area is 186 Å². The summed E-state index contributed by atoms with van der Waals surface area (Å²) in [7, 11) is -4.06. The van der Waals surface area contributed by atoms with Gasteiger partial charge in [0, 0.05) is 38.3 Å². The fourth-order valence-corrected chi connectivity index (χ4v) is 4.93. The summed E-state index contributed by atoms with van der Waals surface area (Å²) in [6.45, 7) is 2.58. The van der Waals surface area contributed by atoms with E-state index in [4.69, 9.17) is 5.73 Å². The van der Waals surface area contributed by atoms with E-state index in [0.29, 0.717) is 12.1 Å². The highest BCUT2D eigenvalue weighted by atomic mass is 32.2. The number of hydrogen-bond donors (Lipinski definition) is 2. The smallest absolute Gasteiger partial charge is 0.369 e. The third-order valence-corrected chi connectivity index (χ3v) is 7.13. The number of halogens is 3. The van der Waals surface area contributed by atoms with Gasteiger partial charge in [0.15, 0.2) is 0 Å². The van der Waals surface area contributed by atoms with E-state index >= 15 is 0 Å². The number of primary amides is 1. The molecule has 3 N–H and O–H groups in total. The number of hydrogen-bond acceptors (Lipinski definition) is 5. The van der Waals surface area contributed by atoms with E-state index in [1.807, 2.05) is 6.92 Å². The number of sulfonamides is 1. The van der Waals surface area contributed by atoms with Crippen molar-refractivity contribution in [2.45, 2.75) is 44.4 Å². The molecule has 1 fully saturated rings. The first-order valence-electron chi connectivity index (χ1n) is 10.3. The summed E-state index contributed by atoms with van der Waals surface area (Å²) in [6.07, 6.45) is -1.37. The number of rotatable bonds is 8. The van der Waals surface area contributed by atoms with Crippen LogP contribution >= 0.6 is 0 Å². The van der Waals surface area contributed by atoms with Gasteiger partial charge >= 0.3 is 6.18 Å². The second-order valence-corrected chi connectivity index (χ2v) is 9.64. The number of carbonyl (C=O) groups excluding carboxylic acids is 1. The average molecular weight is 476 g/mol. The van der Waals surface area contributed by atoms with Crippen LogP contribution in [0.1, 0.15) is 38.2 Å². The van der Waals surface area contributed by atoms with Gasteiger partial charge in [0.2, 0.25) is 15.6 Å². The number of benzene rings is 1. The quantitative estimate of drug-likeness (QED) is 0.442. The molecule has 0 saturated carbocycles. The van der Waals surface area contributed by atoms with Crippen LogP contribution < -0.4 is 10.6 Å². The molecule has 1 aliphatic rings. The molecule has 7 nitrogen and oxygen atoms in total. The summed E-state index contributed by atoms with van der Waals surface area (Å²) in [4.78, 5) is 13.5. The first kappa shape index (κ1) is 26.0. The van der Waals surface area contributed by atoms with Crippen LogP contribution in [0.15, 0.2) is 24.3 Å². The molecule has 1 saturated heterocycles. The molecule has 1 aliphatic heterocycles. The summed E-state index contributed by atoms with van der Waals surface area (Å²) in [5.41, 5.74) is 2.52. The number of unbranched alkanes of at least 4 members (excludes halogenated alkanes) is 3. The predicted octanol–water partition coefficient (Wildman–Crippen LogP) is 1.96. The monoisotopic (exact) mass is 475 g/mol. The van der Waals surface area contributed by atoms with Crippen LogP contribution in [0.5, 0.6) is 0 Å². The molecule has 2 rings (SSSR count). The van der Waals surface area contributed by atoms with Crippen molar-refractivity contribution in [3.05, 3.63) is 29.8 Å². The Hall–Kier alpha value is -2.29. The van der Waals surface area contributed by atoms with Crippen molar-refractivity contribution in [3.63, 3.8) is 0 Å². The van der Waals surface area contributed by atoms with Crippen LogP contribution in [0.4, 0.5) is 18.9 Å². The Morgan fingerprint density at radius 1 is 1.12 bits per heavy atom. The SMILES string of the molecule is CCCCCC#CC(O)(CS(=O)(=O)N1CCN(c2ccc(C(F)(F)F)cc2)CC1)C(N)=O. The Balaban J connectivity index is 2.02. The molecular formula is C21H28F3N3O4S. The Bertz CT molecular complexity index is 947. The molecule has 1 aromatic rings. The lowest BCUT2D eigenvalue weighted by molar-refractivity contribution is -0.137. The molecule has 11 heteroatoms. The molecule has 1 aromatic carbocycles. The number of aliphatic hydroxyl groups is 1. The topological polar surface area (TPSA) is 104 Å². The normalized spacial score (nSPS) is 17.3. The van der Waals surface area contributed by atoms with Gasteiger partial charge in [0.25, 0.3) is 5.91 Å². The first-order valence-corrected chi connectivity index (χ1v) is 11.9. The van der Waals surface area contributed by atoms with E-state index in [0.717, 1.165) is 35.7 Å². The van der Waals surface area contributed by atoms with Gasteiger partial charge in [-0.1, -0.05) is 31.6 Å². The number of nitrogens with zero attached hydrogens (tertiary/aromatic N) is 2. The number of nitrogens with two attached hydrogens (primary N) is 1. The lowest BCUT2D eigenvalue weighted by atomic mass is 10.1. The number of amides is 1. The second kappa shape index (κ2) is 10.6. The average Bonchev–Trinajstić information content (AvgIpc) is 2.73. The number of alkyl halides is 3. The zero-order chi connectivity index (χ0) is 24.0. The van der Waals surface area contributed by atoms with E-state index in [2.05, 4.69) is 11.8 Å². The van der Waals surface area contributed by atoms with E-state index in [-0.39, 0.29) is 26.2 Å². The molecule has 0 spiro atoms. The van der Waals surface area contributed by atoms with Crippen molar-refractivity contribution < 1.29 is 31.5 Å². The van der Waals surface area contributed by atoms with Crippen LogP contribution in [-0.2, 0) is 21.0 Å². The summed E-state index contributed by atoms with van der Waals surface area (Å²) in [5, 5.41) is 10.5. The highest BCUT2D eigenvalue weighted by Crippen LogP contribution is 2.30. The molecule has 0 radical (unpaired) electrons. The zero-order valence-electron chi connectivity index (χ0n) is 17.9. The molecule has 1 amide bonds. The first-order chi connectivity index (χ1) is 14.9. The summed E-state index contributed by atoms with van der Waals surface area (Å²) in [5.74, 6) is 2.79. The Kier molecular flexibility index (Phi) is 8.56. The van der Waals surface area contributed by atoms with Crippen molar-refractivity contribution in [1.29, 1.82) is 0 Å². The Morgan fingerprint density at radius 3 is 2.22 bits per heavy atom. The van der Waals surface area contributed by atoms with Crippen molar-refractivity contribution in [1.82, 2.24) is 4.31 Å². The number of carbonyl (C=O) groups is 1. The molecule has 32 heavy (non-hydrogen) atoms. The minimum absolute atomic E-state index is 0.0438. The molecule has 1 unspecified atom stereocenters. The molecule has 0 bridgehead atoms. The predicted molar refractivity (Wildman–Crippen MR) is 115 cm³/mol. The van der Waals surface area contributed by atoms with Crippen LogP contribution in [-0.4, -0.2) is 61.3 Å². The van der Waals surface area contributed by atoms with E-state index in [1.54, 1.807) is 4.90 Å². The summed E-state index contributed by atoms with van der Waals surface area (Å²) < 4.78 is 64.9. The fourth-order valence-electron chi connectivity index (χ4n) is 3.28. The van der Waals surface area contributed by atoms with Crippen molar-refractivity contribution >= 4 is 21.6 Å². The van der Waals surface area contributed by atoms with Crippen LogP contribution in [0, 0.1) is 11.8 Å². The number of piperazine rings is 1. The minimum Gasteiger partial charge on any atom is -0.369 e. The van der Waals surface area contributed by atoms with Gasteiger partial charge in [0.1, 0.15) is 5.75 Å². The summed E-state index contributed by atoms with van der Waals surface area (Å²) >= 11 is 0. The van der Waals surface area contributed by atoms with Crippen LogP contribution in [0.25, 0.3) is 0 Å². The van der Waals surface area contributed by atoms with E-state index in [9.17, 15) is 31.5 Å². The van der Waals surface area contributed by atoms with Gasteiger partial charge in [-0.15, -0.1) is 0 Å². The highest BCUT2D eigenvalue weighted by Gasteiger charge is 2.41. The van der Waals surface area contributed by atoms with Gasteiger partial charge in [-0.2, -0.15) is 17.5 Å². The lowest BCUT2D eigenvalue weighted by Crippen LogP contribution is -2.55. The van der Waals surface area contributed by atoms with Crippen molar-refractivity contribution in [3.8, 4) is 11.8 Å². The molecule has 0 aromatic heterocycles.